The molecule has 0 unspecified atom stereocenters. The van der Waals surface area contributed by atoms with Gasteiger partial charge in [0.15, 0.2) is 0 Å². The Labute approximate surface area is 154 Å². The number of thiophene rings is 1. The van der Waals surface area contributed by atoms with Crippen LogP contribution < -0.4 is 20.5 Å². The SMILES string of the molecule is COc1cc(NC(=O)c2sc3nc4c(cc3c2N)CCC4)cc(OC)c1. The third-order valence-electron chi connectivity index (χ3n) is 4.56. The number of benzene rings is 1. The van der Waals surface area contributed by atoms with E-state index in [1.165, 1.54) is 16.9 Å². The highest BCUT2D eigenvalue weighted by molar-refractivity contribution is 7.21. The summed E-state index contributed by atoms with van der Waals surface area (Å²) in [5.41, 5.74) is 9.70. The Morgan fingerprint density at radius 3 is 2.58 bits per heavy atom. The van der Waals surface area contributed by atoms with Crippen LogP contribution in [-0.4, -0.2) is 25.1 Å². The molecule has 1 aromatic carbocycles. The van der Waals surface area contributed by atoms with Gasteiger partial charge in [0, 0.05) is 35.0 Å². The van der Waals surface area contributed by atoms with Gasteiger partial charge in [-0.3, -0.25) is 4.79 Å². The fourth-order valence-corrected chi connectivity index (χ4v) is 4.23. The van der Waals surface area contributed by atoms with Gasteiger partial charge >= 0.3 is 0 Å². The topological polar surface area (TPSA) is 86.5 Å². The standard InChI is InChI=1S/C19H19N3O3S/c1-24-12-7-11(8-13(9-12)25-2)21-18(23)17-16(20)14-6-10-4-3-5-15(10)22-19(14)26-17/h6-9H,3-5,20H2,1-2H3,(H,21,23). The van der Waals surface area contributed by atoms with Gasteiger partial charge < -0.3 is 20.5 Å². The second-order valence-corrected chi connectivity index (χ2v) is 7.20. The van der Waals surface area contributed by atoms with Crippen LogP contribution in [0.15, 0.2) is 24.3 Å². The molecule has 0 saturated heterocycles. The number of aryl methyl sites for hydroxylation is 2. The van der Waals surface area contributed by atoms with Crippen molar-refractivity contribution < 1.29 is 14.3 Å². The molecule has 2 aromatic heterocycles. The maximum atomic E-state index is 12.8. The lowest BCUT2D eigenvalue weighted by Crippen LogP contribution is -2.12. The van der Waals surface area contributed by atoms with Crippen LogP contribution >= 0.6 is 11.3 Å². The molecule has 26 heavy (non-hydrogen) atoms. The predicted molar refractivity (Wildman–Crippen MR) is 104 cm³/mol. The number of anilines is 2. The third-order valence-corrected chi connectivity index (χ3v) is 5.68. The molecule has 1 aliphatic rings. The summed E-state index contributed by atoms with van der Waals surface area (Å²) in [6.07, 6.45) is 3.15. The van der Waals surface area contributed by atoms with E-state index in [2.05, 4.69) is 11.4 Å². The molecule has 0 spiro atoms. The molecule has 4 rings (SSSR count). The highest BCUT2D eigenvalue weighted by Gasteiger charge is 2.21. The molecule has 134 valence electrons. The van der Waals surface area contributed by atoms with E-state index in [0.29, 0.717) is 27.8 Å². The second kappa shape index (κ2) is 6.49. The number of carbonyl (C=O) groups is 1. The van der Waals surface area contributed by atoms with Gasteiger partial charge in [-0.25, -0.2) is 4.98 Å². The monoisotopic (exact) mass is 369 g/mol. The number of pyridine rings is 1. The van der Waals surface area contributed by atoms with Crippen LogP contribution in [0.5, 0.6) is 11.5 Å². The van der Waals surface area contributed by atoms with Gasteiger partial charge in [0.2, 0.25) is 0 Å². The number of nitrogens with two attached hydrogens (primary N) is 1. The van der Waals surface area contributed by atoms with Crippen molar-refractivity contribution >= 4 is 38.8 Å². The number of ether oxygens (including phenoxy) is 2. The lowest BCUT2D eigenvalue weighted by Gasteiger charge is -2.09. The molecule has 0 fully saturated rings. The Bertz CT molecular complexity index is 991. The van der Waals surface area contributed by atoms with Gasteiger partial charge in [0.05, 0.1) is 19.9 Å². The molecule has 7 heteroatoms. The third kappa shape index (κ3) is 2.84. The van der Waals surface area contributed by atoms with Gasteiger partial charge in [-0.1, -0.05) is 0 Å². The van der Waals surface area contributed by atoms with E-state index in [1.807, 2.05) is 0 Å². The molecule has 3 aromatic rings. The van der Waals surface area contributed by atoms with E-state index >= 15 is 0 Å². The Hall–Kier alpha value is -2.80. The molecule has 0 aliphatic heterocycles. The Morgan fingerprint density at radius 2 is 1.88 bits per heavy atom. The first-order valence-corrected chi connectivity index (χ1v) is 9.16. The van der Waals surface area contributed by atoms with Crippen molar-refractivity contribution in [3.8, 4) is 11.5 Å². The van der Waals surface area contributed by atoms with E-state index in [-0.39, 0.29) is 5.91 Å². The molecular weight excluding hydrogens is 350 g/mol. The maximum absolute atomic E-state index is 12.8. The summed E-state index contributed by atoms with van der Waals surface area (Å²) in [6.45, 7) is 0. The number of nitrogens with one attached hydrogen (secondary N) is 1. The van der Waals surface area contributed by atoms with E-state index in [1.54, 1.807) is 32.4 Å². The molecule has 0 atom stereocenters. The van der Waals surface area contributed by atoms with Gasteiger partial charge in [-0.15, -0.1) is 11.3 Å². The minimum atomic E-state index is -0.263. The highest BCUT2D eigenvalue weighted by Crippen LogP contribution is 2.36. The Kier molecular flexibility index (Phi) is 4.16. The summed E-state index contributed by atoms with van der Waals surface area (Å²) in [5.74, 6) is 0.935. The molecule has 1 aliphatic carbocycles. The van der Waals surface area contributed by atoms with Crippen molar-refractivity contribution in [3.63, 3.8) is 0 Å². The second-order valence-electron chi connectivity index (χ2n) is 6.20. The van der Waals surface area contributed by atoms with Gasteiger partial charge in [-0.05, 0) is 30.9 Å². The molecule has 6 nitrogen and oxygen atoms in total. The Balaban J connectivity index is 1.67. The minimum Gasteiger partial charge on any atom is -0.497 e. The molecule has 1 amide bonds. The van der Waals surface area contributed by atoms with Crippen LogP contribution in [0.25, 0.3) is 10.2 Å². The quantitative estimate of drug-likeness (QED) is 0.733. The zero-order chi connectivity index (χ0) is 18.3. The number of methoxy groups -OCH3 is 2. The van der Waals surface area contributed by atoms with Gasteiger partial charge in [0.1, 0.15) is 21.2 Å². The first-order valence-electron chi connectivity index (χ1n) is 8.34. The van der Waals surface area contributed by atoms with E-state index in [4.69, 9.17) is 20.2 Å². The molecule has 0 radical (unpaired) electrons. The number of amides is 1. The number of nitrogen functional groups attached to an aromatic ring is 1. The molecule has 2 heterocycles. The number of aromatic nitrogens is 1. The van der Waals surface area contributed by atoms with E-state index in [9.17, 15) is 4.79 Å². The largest absolute Gasteiger partial charge is 0.497 e. The zero-order valence-corrected chi connectivity index (χ0v) is 15.4. The van der Waals surface area contributed by atoms with Crippen LogP contribution in [0.3, 0.4) is 0 Å². The summed E-state index contributed by atoms with van der Waals surface area (Å²) in [4.78, 5) is 18.8. The average Bonchev–Trinajstić information content (AvgIpc) is 3.23. The van der Waals surface area contributed by atoms with Crippen molar-refractivity contribution in [3.05, 3.63) is 40.4 Å². The van der Waals surface area contributed by atoms with Crippen molar-refractivity contribution in [1.29, 1.82) is 0 Å². The predicted octanol–water partition coefficient (Wildman–Crippen LogP) is 3.64. The fourth-order valence-electron chi connectivity index (χ4n) is 3.23. The number of hydrogen-bond donors (Lipinski definition) is 2. The van der Waals surface area contributed by atoms with E-state index < -0.39 is 0 Å². The summed E-state index contributed by atoms with van der Waals surface area (Å²) < 4.78 is 10.5. The van der Waals surface area contributed by atoms with Gasteiger partial charge in [-0.2, -0.15) is 0 Å². The van der Waals surface area contributed by atoms with Crippen LogP contribution in [0, 0.1) is 0 Å². The number of hydrogen-bond acceptors (Lipinski definition) is 6. The summed E-state index contributed by atoms with van der Waals surface area (Å²) >= 11 is 1.33. The van der Waals surface area contributed by atoms with Gasteiger partial charge in [0.25, 0.3) is 5.91 Å². The molecule has 0 bridgehead atoms. The number of nitrogens with zero attached hydrogens (tertiary/aromatic N) is 1. The van der Waals surface area contributed by atoms with Crippen LogP contribution in [0.1, 0.15) is 27.3 Å². The van der Waals surface area contributed by atoms with Crippen LogP contribution in [0.4, 0.5) is 11.4 Å². The number of carbonyl (C=O) groups excluding carboxylic acids is 1. The minimum absolute atomic E-state index is 0.263. The highest BCUT2D eigenvalue weighted by atomic mass is 32.1. The lowest BCUT2D eigenvalue weighted by atomic mass is 10.1. The van der Waals surface area contributed by atoms with Crippen molar-refractivity contribution in [2.45, 2.75) is 19.3 Å². The zero-order valence-electron chi connectivity index (χ0n) is 14.6. The van der Waals surface area contributed by atoms with E-state index in [0.717, 1.165) is 35.2 Å². The smallest absolute Gasteiger partial charge is 0.267 e. The molecule has 0 saturated carbocycles. The lowest BCUT2D eigenvalue weighted by molar-refractivity contribution is 0.103. The first-order chi connectivity index (χ1) is 12.6. The van der Waals surface area contributed by atoms with Crippen LogP contribution in [0.2, 0.25) is 0 Å². The maximum Gasteiger partial charge on any atom is 0.267 e. The summed E-state index contributed by atoms with van der Waals surface area (Å²) in [5, 5.41) is 3.74. The average molecular weight is 369 g/mol. The normalized spacial score (nSPS) is 12.8. The first kappa shape index (κ1) is 16.7. The molecular formula is C19H19N3O3S. The van der Waals surface area contributed by atoms with Crippen molar-refractivity contribution in [2.24, 2.45) is 0 Å². The number of fused-ring (bicyclic) bond motifs is 2. The Morgan fingerprint density at radius 1 is 1.15 bits per heavy atom. The fraction of sp³-hybridized carbons (Fsp3) is 0.263. The summed E-state index contributed by atoms with van der Waals surface area (Å²) in [7, 11) is 3.13. The van der Waals surface area contributed by atoms with Crippen molar-refractivity contribution in [2.75, 3.05) is 25.3 Å². The van der Waals surface area contributed by atoms with Crippen LogP contribution in [-0.2, 0) is 12.8 Å². The summed E-state index contributed by atoms with van der Waals surface area (Å²) in [6, 6.07) is 7.30. The number of rotatable bonds is 4. The molecule has 3 N–H and O–H groups in total. The van der Waals surface area contributed by atoms with Crippen molar-refractivity contribution in [1.82, 2.24) is 4.98 Å².